The number of amides is 2. The maximum atomic E-state index is 13.4. The van der Waals surface area contributed by atoms with Gasteiger partial charge in [0.2, 0.25) is 0 Å². The van der Waals surface area contributed by atoms with Crippen LogP contribution < -0.4 is 14.8 Å². The summed E-state index contributed by atoms with van der Waals surface area (Å²) < 4.78 is 12.9. The molecule has 1 aliphatic rings. The molecule has 6 nitrogen and oxygen atoms in total. The predicted molar refractivity (Wildman–Crippen MR) is 118 cm³/mol. The number of methoxy groups -OCH3 is 2. The number of aromatic nitrogens is 1. The summed E-state index contributed by atoms with van der Waals surface area (Å²) in [5, 5.41) is 4.02. The lowest BCUT2D eigenvalue weighted by Gasteiger charge is -2.37. The van der Waals surface area contributed by atoms with Crippen LogP contribution in [0.3, 0.4) is 0 Å². The number of rotatable bonds is 4. The average molecular weight is 446 g/mol. The molecule has 4 rings (SSSR count). The summed E-state index contributed by atoms with van der Waals surface area (Å²) in [7, 11) is 3.10. The maximum absolute atomic E-state index is 13.4. The van der Waals surface area contributed by atoms with Crippen LogP contribution in [0.2, 0.25) is 10.0 Å². The van der Waals surface area contributed by atoms with Gasteiger partial charge in [-0.25, -0.2) is 4.79 Å². The molecule has 1 N–H and O–H groups in total. The van der Waals surface area contributed by atoms with E-state index in [1.165, 1.54) is 7.11 Å². The number of benzene rings is 2. The molecule has 1 aliphatic heterocycles. The number of fused-ring (bicyclic) bond motifs is 1. The maximum Gasteiger partial charge on any atom is 0.322 e. The lowest BCUT2D eigenvalue weighted by molar-refractivity contribution is 0.181. The number of anilines is 1. The highest BCUT2D eigenvalue weighted by atomic mass is 35.5. The van der Waals surface area contributed by atoms with Gasteiger partial charge in [-0.3, -0.25) is 0 Å². The van der Waals surface area contributed by atoms with E-state index in [0.29, 0.717) is 40.3 Å². The van der Waals surface area contributed by atoms with Gasteiger partial charge in [-0.15, -0.1) is 0 Å². The van der Waals surface area contributed by atoms with Gasteiger partial charge in [-0.1, -0.05) is 35.3 Å². The lowest BCUT2D eigenvalue weighted by Crippen LogP contribution is -2.44. The van der Waals surface area contributed by atoms with Crippen molar-refractivity contribution in [3.8, 4) is 11.5 Å². The van der Waals surface area contributed by atoms with Gasteiger partial charge >= 0.3 is 6.03 Å². The van der Waals surface area contributed by atoms with Crippen molar-refractivity contribution in [1.29, 1.82) is 0 Å². The number of hydrogen-bond acceptors (Lipinski definition) is 3. The fraction of sp³-hybridized carbons (Fsp3) is 0.227. The molecule has 1 aromatic heterocycles. The van der Waals surface area contributed by atoms with E-state index in [-0.39, 0.29) is 12.1 Å². The molecule has 2 amide bonds. The minimum absolute atomic E-state index is 0.259. The summed E-state index contributed by atoms with van der Waals surface area (Å²) in [6, 6.07) is 14.1. The van der Waals surface area contributed by atoms with Gasteiger partial charge in [-0.2, -0.15) is 0 Å². The molecule has 2 aromatic carbocycles. The highest BCUT2D eigenvalue weighted by Gasteiger charge is 2.34. The predicted octanol–water partition coefficient (Wildman–Crippen LogP) is 5.45. The van der Waals surface area contributed by atoms with Gasteiger partial charge < -0.3 is 24.3 Å². The second-order valence-corrected chi connectivity index (χ2v) is 7.70. The highest BCUT2D eigenvalue weighted by molar-refractivity contribution is 6.35. The third-order valence-electron chi connectivity index (χ3n) is 5.20. The monoisotopic (exact) mass is 445 g/mol. The Balaban J connectivity index is 1.71. The van der Waals surface area contributed by atoms with Gasteiger partial charge in [0.25, 0.3) is 0 Å². The zero-order chi connectivity index (χ0) is 21.3. The SMILES string of the molecule is COc1cccc(NC(=O)N2CCn3cccc3[C@@H]2c2ccc(Cl)cc2Cl)c1OC. The molecule has 156 valence electrons. The fourth-order valence-corrected chi connectivity index (χ4v) is 4.34. The van der Waals surface area contributed by atoms with Crippen molar-refractivity contribution >= 4 is 34.9 Å². The number of carbonyl (C=O) groups excluding carboxylic acids is 1. The molecule has 0 bridgehead atoms. The fourth-order valence-electron chi connectivity index (χ4n) is 3.83. The molecule has 3 aromatic rings. The molecule has 0 saturated carbocycles. The van der Waals surface area contributed by atoms with Crippen molar-refractivity contribution in [2.24, 2.45) is 0 Å². The lowest BCUT2D eigenvalue weighted by atomic mass is 10.00. The smallest absolute Gasteiger partial charge is 0.322 e. The number of nitrogens with one attached hydrogen (secondary N) is 1. The van der Waals surface area contributed by atoms with Crippen LogP contribution in [0.1, 0.15) is 17.3 Å². The molecule has 2 heterocycles. The summed E-state index contributed by atoms with van der Waals surface area (Å²) in [5.41, 5.74) is 2.33. The number of ether oxygens (including phenoxy) is 2. The first kappa shape index (κ1) is 20.4. The molecule has 0 fully saturated rings. The van der Waals surface area contributed by atoms with Gasteiger partial charge in [0, 0.05) is 35.0 Å². The van der Waals surface area contributed by atoms with Crippen LogP contribution in [-0.2, 0) is 6.54 Å². The quantitative estimate of drug-likeness (QED) is 0.580. The standard InChI is InChI=1S/C22H21Cl2N3O3/c1-29-19-7-3-5-17(21(19)30-2)25-22(28)27-12-11-26-10-4-6-18(26)20(27)15-9-8-14(23)13-16(15)24/h3-10,13,20H,11-12H2,1-2H3,(H,25,28)/t20-/m0/s1. The number of urea groups is 1. The van der Waals surface area contributed by atoms with E-state index >= 15 is 0 Å². The number of nitrogens with zero attached hydrogens (tertiary/aromatic N) is 2. The van der Waals surface area contributed by atoms with Crippen molar-refractivity contribution in [2.75, 3.05) is 26.1 Å². The Morgan fingerprint density at radius 2 is 1.90 bits per heavy atom. The highest BCUT2D eigenvalue weighted by Crippen LogP contribution is 2.39. The largest absolute Gasteiger partial charge is 0.493 e. The van der Waals surface area contributed by atoms with Crippen molar-refractivity contribution < 1.29 is 14.3 Å². The number of halogens is 2. The van der Waals surface area contributed by atoms with E-state index in [0.717, 1.165) is 11.3 Å². The van der Waals surface area contributed by atoms with E-state index < -0.39 is 0 Å². The van der Waals surface area contributed by atoms with Crippen molar-refractivity contribution in [3.05, 3.63) is 76.0 Å². The van der Waals surface area contributed by atoms with E-state index in [1.807, 2.05) is 24.4 Å². The summed E-state index contributed by atoms with van der Waals surface area (Å²) in [5.74, 6) is 1.01. The molecule has 0 spiro atoms. The van der Waals surface area contributed by atoms with Crippen molar-refractivity contribution in [3.63, 3.8) is 0 Å². The minimum Gasteiger partial charge on any atom is -0.493 e. The molecule has 0 unspecified atom stereocenters. The Morgan fingerprint density at radius 1 is 1.07 bits per heavy atom. The van der Waals surface area contributed by atoms with E-state index in [1.54, 1.807) is 42.3 Å². The Labute approximate surface area is 184 Å². The number of carbonyl (C=O) groups is 1. The Bertz CT molecular complexity index is 1080. The Hall–Kier alpha value is -2.83. The van der Waals surface area contributed by atoms with Gasteiger partial charge in [0.05, 0.1) is 19.9 Å². The third-order valence-corrected chi connectivity index (χ3v) is 5.76. The second kappa shape index (κ2) is 8.50. The first-order valence-corrected chi connectivity index (χ1v) is 10.2. The zero-order valence-corrected chi connectivity index (χ0v) is 18.1. The molecule has 0 aliphatic carbocycles. The molecule has 30 heavy (non-hydrogen) atoms. The van der Waals surface area contributed by atoms with Crippen LogP contribution in [0.4, 0.5) is 10.5 Å². The summed E-state index contributed by atoms with van der Waals surface area (Å²) in [6.45, 7) is 1.20. The van der Waals surface area contributed by atoms with Crippen LogP contribution in [-0.4, -0.2) is 36.3 Å². The van der Waals surface area contributed by atoms with Crippen LogP contribution in [0.5, 0.6) is 11.5 Å². The first-order chi connectivity index (χ1) is 14.5. The van der Waals surface area contributed by atoms with Crippen LogP contribution in [0.15, 0.2) is 54.7 Å². The molecular weight excluding hydrogens is 425 g/mol. The summed E-state index contributed by atoms with van der Waals surface area (Å²) >= 11 is 12.6. The summed E-state index contributed by atoms with van der Waals surface area (Å²) in [6.07, 6.45) is 2.01. The van der Waals surface area contributed by atoms with E-state index in [2.05, 4.69) is 9.88 Å². The average Bonchev–Trinajstić information content (AvgIpc) is 3.22. The zero-order valence-electron chi connectivity index (χ0n) is 16.6. The Kier molecular flexibility index (Phi) is 5.79. The van der Waals surface area contributed by atoms with Gasteiger partial charge in [-0.05, 0) is 42.0 Å². The molecule has 8 heteroatoms. The molecule has 0 radical (unpaired) electrons. The van der Waals surface area contributed by atoms with Gasteiger partial charge in [0.15, 0.2) is 11.5 Å². The molecular formula is C22H21Cl2N3O3. The topological polar surface area (TPSA) is 55.7 Å². The van der Waals surface area contributed by atoms with Crippen LogP contribution >= 0.6 is 23.2 Å². The Morgan fingerprint density at radius 3 is 2.63 bits per heavy atom. The number of hydrogen-bond donors (Lipinski definition) is 1. The van der Waals surface area contributed by atoms with Crippen LogP contribution in [0, 0.1) is 0 Å². The van der Waals surface area contributed by atoms with Gasteiger partial charge in [0.1, 0.15) is 6.04 Å². The van der Waals surface area contributed by atoms with E-state index in [4.69, 9.17) is 32.7 Å². The summed E-state index contributed by atoms with van der Waals surface area (Å²) in [4.78, 5) is 15.1. The molecule has 0 saturated heterocycles. The molecule has 1 atom stereocenters. The number of para-hydroxylation sites is 1. The van der Waals surface area contributed by atoms with Crippen molar-refractivity contribution in [2.45, 2.75) is 12.6 Å². The first-order valence-electron chi connectivity index (χ1n) is 9.42. The third kappa shape index (κ3) is 3.68. The minimum atomic E-state index is -0.352. The van der Waals surface area contributed by atoms with Crippen molar-refractivity contribution in [1.82, 2.24) is 9.47 Å². The second-order valence-electron chi connectivity index (χ2n) is 6.86. The van der Waals surface area contributed by atoms with E-state index in [9.17, 15) is 4.79 Å². The normalized spacial score (nSPS) is 15.5. The van der Waals surface area contributed by atoms with Crippen LogP contribution in [0.25, 0.3) is 0 Å².